The first-order valence-corrected chi connectivity index (χ1v) is 5.55. The Bertz CT molecular complexity index is 641. The van der Waals surface area contributed by atoms with E-state index in [0.717, 1.165) is 12.1 Å². The lowest BCUT2D eigenvalue weighted by Gasteiger charge is -2.16. The number of benzene rings is 1. The summed E-state index contributed by atoms with van der Waals surface area (Å²) in [6, 6.07) is 3.14. The van der Waals surface area contributed by atoms with Crippen LogP contribution in [-0.2, 0) is 14.3 Å². The van der Waals surface area contributed by atoms with Gasteiger partial charge in [0, 0.05) is 5.02 Å². The van der Waals surface area contributed by atoms with Crippen molar-refractivity contribution in [2.45, 2.75) is 5.66 Å². The number of carbonyl (C=O) groups is 4. The molecule has 0 aromatic heterocycles. The molecule has 0 bridgehead atoms. The van der Waals surface area contributed by atoms with Gasteiger partial charge in [0.2, 0.25) is 0 Å². The van der Waals surface area contributed by atoms with Crippen molar-refractivity contribution in [2.75, 3.05) is 0 Å². The summed E-state index contributed by atoms with van der Waals surface area (Å²) in [5.41, 5.74) is 5.95. The highest BCUT2D eigenvalue weighted by Gasteiger charge is 2.41. The number of hydrogen-bond donors (Lipinski definition) is 4. The number of halogens is 1. The summed E-state index contributed by atoms with van der Waals surface area (Å²) >= 11 is 5.59. The molecule has 0 aliphatic heterocycles. The molecule has 1 rings (SSSR count). The van der Waals surface area contributed by atoms with Crippen molar-refractivity contribution in [3.8, 4) is 0 Å². The average molecular weight is 317 g/mol. The molecule has 0 radical (unpaired) electrons. The van der Waals surface area contributed by atoms with Crippen LogP contribution in [0.4, 0.5) is 0 Å². The zero-order valence-electron chi connectivity index (χ0n) is 10.2. The van der Waals surface area contributed by atoms with Gasteiger partial charge in [0.15, 0.2) is 0 Å². The van der Waals surface area contributed by atoms with E-state index >= 15 is 0 Å². The first kappa shape index (κ1) is 16.6. The van der Waals surface area contributed by atoms with Gasteiger partial charge in [0.05, 0.1) is 11.1 Å². The number of carboxylic acids is 2. The van der Waals surface area contributed by atoms with Gasteiger partial charge in [0.1, 0.15) is 0 Å². The van der Waals surface area contributed by atoms with Gasteiger partial charge in [-0.1, -0.05) is 11.6 Å². The van der Waals surface area contributed by atoms with E-state index < -0.39 is 40.7 Å². The van der Waals surface area contributed by atoms with Crippen LogP contribution in [0.2, 0.25) is 5.02 Å². The lowest BCUT2D eigenvalue weighted by atomic mass is 10.1. The minimum atomic E-state index is -2.94. The highest BCUT2D eigenvalue weighted by Crippen LogP contribution is 2.17. The average Bonchev–Trinajstić information content (AvgIpc) is 2.37. The van der Waals surface area contributed by atoms with E-state index in [1.807, 2.05) is 0 Å². The molecule has 0 heterocycles. The minimum absolute atomic E-state index is 0.0350. The van der Waals surface area contributed by atoms with E-state index in [0.29, 0.717) is 0 Å². The number of carbonyl (C=O) groups excluding carboxylic acids is 2. The van der Waals surface area contributed by atoms with Gasteiger partial charge in [-0.15, -0.1) is 0 Å². The van der Waals surface area contributed by atoms with Crippen LogP contribution < -0.4 is 11.5 Å². The summed E-state index contributed by atoms with van der Waals surface area (Å²) in [4.78, 5) is 44.7. The number of rotatable bonds is 4. The van der Waals surface area contributed by atoms with Gasteiger partial charge in [-0.3, -0.25) is 11.5 Å². The third kappa shape index (κ3) is 3.54. The summed E-state index contributed by atoms with van der Waals surface area (Å²) < 4.78 is 4.18. The summed E-state index contributed by atoms with van der Waals surface area (Å²) in [7, 11) is 0. The Hall–Kier alpha value is -2.49. The summed E-state index contributed by atoms with van der Waals surface area (Å²) in [5, 5.41) is 17.6. The van der Waals surface area contributed by atoms with Crippen molar-refractivity contribution in [1.29, 1.82) is 0 Å². The first-order chi connectivity index (χ1) is 9.57. The molecule has 0 aliphatic carbocycles. The highest BCUT2D eigenvalue weighted by atomic mass is 35.5. The van der Waals surface area contributed by atoms with E-state index in [-0.39, 0.29) is 5.02 Å². The van der Waals surface area contributed by atoms with E-state index in [9.17, 15) is 19.2 Å². The molecular weight excluding hydrogens is 308 g/mol. The second-order valence-electron chi connectivity index (χ2n) is 3.85. The quantitative estimate of drug-likeness (QED) is 0.322. The molecular formula is C11H9ClN2O7. The number of ether oxygens (including phenoxy) is 1. The smallest absolute Gasteiger partial charge is 0.360 e. The lowest BCUT2D eigenvalue weighted by Crippen LogP contribution is -2.63. The van der Waals surface area contributed by atoms with Gasteiger partial charge in [-0.25, -0.2) is 19.2 Å². The zero-order valence-corrected chi connectivity index (χ0v) is 11.0. The van der Waals surface area contributed by atoms with Crippen molar-refractivity contribution < 1.29 is 34.1 Å². The Kier molecular flexibility index (Phi) is 4.63. The van der Waals surface area contributed by atoms with Crippen LogP contribution in [-0.4, -0.2) is 39.8 Å². The molecule has 0 spiro atoms. The van der Waals surface area contributed by atoms with Crippen LogP contribution in [0.15, 0.2) is 18.2 Å². The summed E-state index contributed by atoms with van der Waals surface area (Å²) in [6.45, 7) is 0. The van der Waals surface area contributed by atoms with Crippen molar-refractivity contribution in [3.63, 3.8) is 0 Å². The van der Waals surface area contributed by atoms with E-state index in [1.165, 1.54) is 6.07 Å². The Labute approximate surface area is 122 Å². The second kappa shape index (κ2) is 5.87. The normalized spacial score (nSPS) is 10.8. The van der Waals surface area contributed by atoms with Crippen LogP contribution in [0.3, 0.4) is 0 Å². The van der Waals surface area contributed by atoms with Crippen molar-refractivity contribution in [2.24, 2.45) is 11.5 Å². The molecule has 1 aromatic carbocycles. The summed E-state index contributed by atoms with van der Waals surface area (Å²) in [6.07, 6.45) is 0. The van der Waals surface area contributed by atoms with Crippen LogP contribution >= 0.6 is 11.6 Å². The predicted octanol–water partition coefficient (Wildman–Crippen LogP) is -0.580. The van der Waals surface area contributed by atoms with Crippen molar-refractivity contribution in [3.05, 3.63) is 34.3 Å². The molecule has 0 saturated heterocycles. The van der Waals surface area contributed by atoms with Crippen LogP contribution in [0, 0.1) is 0 Å². The molecule has 112 valence electrons. The van der Waals surface area contributed by atoms with Crippen LogP contribution in [0.5, 0.6) is 0 Å². The molecule has 10 heteroatoms. The fraction of sp³-hybridized carbons (Fsp3) is 0.0909. The van der Waals surface area contributed by atoms with Gasteiger partial charge >= 0.3 is 23.9 Å². The van der Waals surface area contributed by atoms with Crippen LogP contribution in [0.25, 0.3) is 0 Å². The molecule has 0 fully saturated rings. The highest BCUT2D eigenvalue weighted by molar-refractivity contribution is 6.31. The standard InChI is InChI=1S/C11H9ClN2O7/c12-4-1-2-5(6(3-4)7(15)16)8(17)21-10(20)11(13,14)9(18)19/h1-3H,13-14H2,(H,15,16)(H,18,19). The van der Waals surface area contributed by atoms with Gasteiger partial charge < -0.3 is 14.9 Å². The number of esters is 2. The van der Waals surface area contributed by atoms with Gasteiger partial charge in [-0.05, 0) is 18.2 Å². The SMILES string of the molecule is NC(N)(C(=O)O)C(=O)OC(=O)c1ccc(Cl)cc1C(=O)O. The third-order valence-corrected chi connectivity index (χ3v) is 2.54. The van der Waals surface area contributed by atoms with E-state index in [1.54, 1.807) is 0 Å². The number of aromatic carboxylic acids is 1. The second-order valence-corrected chi connectivity index (χ2v) is 4.28. The monoisotopic (exact) mass is 316 g/mol. The molecule has 0 saturated carbocycles. The van der Waals surface area contributed by atoms with Gasteiger partial charge in [0.25, 0.3) is 5.66 Å². The fourth-order valence-electron chi connectivity index (χ4n) is 1.18. The maximum absolute atomic E-state index is 11.7. The molecule has 0 aliphatic rings. The third-order valence-electron chi connectivity index (χ3n) is 2.31. The molecule has 0 amide bonds. The molecule has 21 heavy (non-hydrogen) atoms. The number of hydrogen-bond acceptors (Lipinski definition) is 7. The molecule has 9 nitrogen and oxygen atoms in total. The minimum Gasteiger partial charge on any atom is -0.478 e. The van der Waals surface area contributed by atoms with E-state index in [4.69, 9.17) is 33.3 Å². The van der Waals surface area contributed by atoms with E-state index in [2.05, 4.69) is 4.74 Å². The van der Waals surface area contributed by atoms with Crippen molar-refractivity contribution in [1.82, 2.24) is 0 Å². The van der Waals surface area contributed by atoms with Crippen LogP contribution in [0.1, 0.15) is 20.7 Å². The number of carboxylic acid groups (broad SMARTS) is 2. The number of aliphatic carboxylic acids is 1. The summed E-state index contributed by atoms with van der Waals surface area (Å²) in [5.74, 6) is -6.58. The maximum atomic E-state index is 11.7. The Balaban J connectivity index is 3.09. The van der Waals surface area contributed by atoms with Gasteiger partial charge in [-0.2, -0.15) is 0 Å². The first-order valence-electron chi connectivity index (χ1n) is 5.18. The Morgan fingerprint density at radius 2 is 1.67 bits per heavy atom. The molecule has 0 unspecified atom stereocenters. The topological polar surface area (TPSA) is 170 Å². The predicted molar refractivity (Wildman–Crippen MR) is 67.6 cm³/mol. The number of nitrogens with two attached hydrogens (primary N) is 2. The molecule has 1 aromatic rings. The Morgan fingerprint density at radius 3 is 2.14 bits per heavy atom. The Morgan fingerprint density at radius 1 is 1.10 bits per heavy atom. The fourth-order valence-corrected chi connectivity index (χ4v) is 1.35. The molecule has 6 N–H and O–H groups in total. The zero-order chi connectivity index (χ0) is 16.4. The maximum Gasteiger partial charge on any atom is 0.360 e. The van der Waals surface area contributed by atoms with Crippen molar-refractivity contribution >= 4 is 35.5 Å². The largest absolute Gasteiger partial charge is 0.478 e. The lowest BCUT2D eigenvalue weighted by molar-refractivity contribution is -0.156. The molecule has 0 atom stereocenters.